The minimum Gasteiger partial charge on any atom is -0.467 e. The van der Waals surface area contributed by atoms with Crippen molar-refractivity contribution in [2.24, 2.45) is 0 Å². The first-order chi connectivity index (χ1) is 16.5. The Morgan fingerprint density at radius 3 is 2.71 bits per heavy atom. The van der Waals surface area contributed by atoms with Crippen molar-refractivity contribution in [1.29, 1.82) is 0 Å². The van der Waals surface area contributed by atoms with Crippen LogP contribution in [0.1, 0.15) is 40.2 Å². The van der Waals surface area contributed by atoms with Gasteiger partial charge in [-0.25, -0.2) is 13.9 Å². The maximum Gasteiger partial charge on any atom is 0.328 e. The minimum atomic E-state index is -0.869. The SMILES string of the molecule is COC(=O)[C@@H](Cc1c[nH]c2ccccc12)NC(=O)c1nn(-c2ccc(F)cc2)c2c1CCCC2. The molecule has 34 heavy (non-hydrogen) atoms. The molecule has 0 bridgehead atoms. The zero-order valence-corrected chi connectivity index (χ0v) is 18.8. The lowest BCUT2D eigenvalue weighted by Crippen LogP contribution is -2.43. The molecule has 2 N–H and O–H groups in total. The fourth-order valence-electron chi connectivity index (χ4n) is 4.66. The van der Waals surface area contributed by atoms with E-state index < -0.39 is 17.9 Å². The number of fused-ring (bicyclic) bond motifs is 2. The molecule has 8 heteroatoms. The van der Waals surface area contributed by atoms with Crippen LogP contribution in [0.4, 0.5) is 4.39 Å². The van der Waals surface area contributed by atoms with E-state index >= 15 is 0 Å². The van der Waals surface area contributed by atoms with Crippen molar-refractivity contribution < 1.29 is 18.7 Å². The van der Waals surface area contributed by atoms with E-state index in [0.29, 0.717) is 11.4 Å². The third-order valence-electron chi connectivity index (χ3n) is 6.36. The number of ether oxygens (including phenoxy) is 1. The number of rotatable bonds is 6. The number of carbonyl (C=O) groups excluding carboxylic acids is 2. The Morgan fingerprint density at radius 2 is 1.91 bits per heavy atom. The first kappa shape index (κ1) is 21.9. The molecule has 0 saturated carbocycles. The normalized spacial score (nSPS) is 13.9. The van der Waals surface area contributed by atoms with Gasteiger partial charge in [-0.2, -0.15) is 5.10 Å². The zero-order chi connectivity index (χ0) is 23.7. The van der Waals surface area contributed by atoms with E-state index in [2.05, 4.69) is 15.4 Å². The lowest BCUT2D eigenvalue weighted by molar-refractivity contribution is -0.142. The first-order valence-electron chi connectivity index (χ1n) is 11.4. The molecule has 0 aliphatic heterocycles. The topological polar surface area (TPSA) is 89.0 Å². The van der Waals surface area contributed by atoms with Crippen LogP contribution in [0.15, 0.2) is 54.7 Å². The Labute approximate surface area is 195 Å². The number of hydrogen-bond donors (Lipinski definition) is 2. The van der Waals surface area contributed by atoms with Crippen molar-refractivity contribution in [2.45, 2.75) is 38.1 Å². The fraction of sp³-hybridized carbons (Fsp3) is 0.269. The van der Waals surface area contributed by atoms with E-state index in [1.165, 1.54) is 19.2 Å². The highest BCUT2D eigenvalue weighted by atomic mass is 19.1. The summed E-state index contributed by atoms with van der Waals surface area (Å²) in [7, 11) is 1.31. The predicted octanol–water partition coefficient (Wildman–Crippen LogP) is 3.89. The number of aromatic amines is 1. The van der Waals surface area contributed by atoms with E-state index in [1.807, 2.05) is 30.5 Å². The highest BCUT2D eigenvalue weighted by Crippen LogP contribution is 2.27. The molecule has 2 aromatic carbocycles. The monoisotopic (exact) mass is 460 g/mol. The Morgan fingerprint density at radius 1 is 1.15 bits per heavy atom. The molecule has 2 heterocycles. The van der Waals surface area contributed by atoms with Gasteiger partial charge in [0.05, 0.1) is 12.8 Å². The number of halogens is 1. The molecule has 0 spiro atoms. The molecule has 7 nitrogen and oxygen atoms in total. The van der Waals surface area contributed by atoms with Gasteiger partial charge in [0.15, 0.2) is 5.69 Å². The van der Waals surface area contributed by atoms with Crippen LogP contribution in [0, 0.1) is 5.82 Å². The Balaban J connectivity index is 1.45. The number of nitrogens with zero attached hydrogens (tertiary/aromatic N) is 2. The number of esters is 1. The quantitative estimate of drug-likeness (QED) is 0.428. The molecule has 0 saturated heterocycles. The molecule has 5 rings (SSSR count). The molecular formula is C26H25FN4O3. The van der Waals surface area contributed by atoms with Crippen molar-refractivity contribution in [1.82, 2.24) is 20.1 Å². The molecule has 1 aliphatic rings. The van der Waals surface area contributed by atoms with E-state index in [1.54, 1.807) is 16.8 Å². The second kappa shape index (κ2) is 9.13. The number of benzene rings is 2. The maximum atomic E-state index is 13.4. The van der Waals surface area contributed by atoms with Crippen molar-refractivity contribution >= 4 is 22.8 Å². The average Bonchev–Trinajstić information content (AvgIpc) is 3.45. The molecule has 0 radical (unpaired) electrons. The largest absolute Gasteiger partial charge is 0.467 e. The van der Waals surface area contributed by atoms with Crippen LogP contribution in [-0.4, -0.2) is 39.8 Å². The van der Waals surface area contributed by atoms with Gasteiger partial charge in [0.1, 0.15) is 11.9 Å². The number of para-hydroxylation sites is 1. The number of amides is 1. The van der Waals surface area contributed by atoms with Gasteiger partial charge in [-0.1, -0.05) is 18.2 Å². The zero-order valence-electron chi connectivity index (χ0n) is 18.8. The number of aromatic nitrogens is 3. The maximum absolute atomic E-state index is 13.4. The van der Waals surface area contributed by atoms with Crippen molar-refractivity contribution in [3.63, 3.8) is 0 Å². The van der Waals surface area contributed by atoms with Crippen LogP contribution >= 0.6 is 0 Å². The van der Waals surface area contributed by atoms with Gasteiger partial charge in [-0.3, -0.25) is 4.79 Å². The number of carbonyl (C=O) groups is 2. The molecule has 1 atom stereocenters. The first-order valence-corrected chi connectivity index (χ1v) is 11.4. The predicted molar refractivity (Wildman–Crippen MR) is 125 cm³/mol. The van der Waals surface area contributed by atoms with Crippen molar-refractivity contribution in [2.75, 3.05) is 7.11 Å². The Kier molecular flexibility index (Phi) is 5.88. The van der Waals surface area contributed by atoms with Crippen molar-refractivity contribution in [3.8, 4) is 5.69 Å². The van der Waals surface area contributed by atoms with Crippen LogP contribution in [0.2, 0.25) is 0 Å². The summed E-state index contributed by atoms with van der Waals surface area (Å²) in [6.07, 6.45) is 5.58. The van der Waals surface area contributed by atoms with E-state index in [4.69, 9.17) is 4.74 Å². The lowest BCUT2D eigenvalue weighted by atomic mass is 9.95. The summed E-state index contributed by atoms with van der Waals surface area (Å²) in [5, 5.41) is 8.44. The van der Waals surface area contributed by atoms with Gasteiger partial charge >= 0.3 is 5.97 Å². The number of nitrogens with one attached hydrogen (secondary N) is 2. The number of methoxy groups -OCH3 is 1. The van der Waals surface area contributed by atoms with Gasteiger partial charge in [0, 0.05) is 34.8 Å². The minimum absolute atomic E-state index is 0.281. The molecule has 0 fully saturated rings. The van der Waals surface area contributed by atoms with E-state index in [-0.39, 0.29) is 12.2 Å². The smallest absolute Gasteiger partial charge is 0.328 e. The van der Waals surface area contributed by atoms with Crippen molar-refractivity contribution in [3.05, 3.63) is 83.1 Å². The second-order valence-electron chi connectivity index (χ2n) is 8.48. The van der Waals surface area contributed by atoms with Crippen LogP contribution in [0.5, 0.6) is 0 Å². The fourth-order valence-corrected chi connectivity index (χ4v) is 4.66. The summed E-state index contributed by atoms with van der Waals surface area (Å²) >= 11 is 0. The molecule has 1 amide bonds. The van der Waals surface area contributed by atoms with Crippen LogP contribution in [0.3, 0.4) is 0 Å². The number of H-pyrrole nitrogens is 1. The summed E-state index contributed by atoms with van der Waals surface area (Å²) in [6, 6.07) is 13.0. The van der Waals surface area contributed by atoms with Gasteiger partial charge in [0.25, 0.3) is 5.91 Å². The Hall–Kier alpha value is -3.94. The summed E-state index contributed by atoms with van der Waals surface area (Å²) in [6.45, 7) is 0. The molecular weight excluding hydrogens is 435 g/mol. The summed E-state index contributed by atoms with van der Waals surface area (Å²) in [4.78, 5) is 29.2. The summed E-state index contributed by atoms with van der Waals surface area (Å²) < 4.78 is 20.1. The van der Waals surface area contributed by atoms with Crippen LogP contribution < -0.4 is 5.32 Å². The van der Waals surface area contributed by atoms with E-state index in [9.17, 15) is 14.0 Å². The van der Waals surface area contributed by atoms with Crippen LogP contribution in [0.25, 0.3) is 16.6 Å². The highest BCUT2D eigenvalue weighted by molar-refractivity contribution is 5.97. The van der Waals surface area contributed by atoms with Gasteiger partial charge < -0.3 is 15.0 Å². The third kappa shape index (κ3) is 4.07. The third-order valence-corrected chi connectivity index (χ3v) is 6.36. The Bertz CT molecular complexity index is 1360. The molecule has 174 valence electrons. The number of hydrogen-bond acceptors (Lipinski definition) is 4. The van der Waals surface area contributed by atoms with E-state index in [0.717, 1.165) is 53.4 Å². The summed E-state index contributed by atoms with van der Waals surface area (Å²) in [5.41, 5.74) is 4.69. The van der Waals surface area contributed by atoms with Gasteiger partial charge in [0.2, 0.25) is 0 Å². The molecule has 2 aromatic heterocycles. The second-order valence-corrected chi connectivity index (χ2v) is 8.48. The summed E-state index contributed by atoms with van der Waals surface area (Å²) in [5.74, 6) is -1.28. The van der Waals surface area contributed by atoms with Gasteiger partial charge in [-0.15, -0.1) is 0 Å². The standard InChI is InChI=1S/C26H25FN4O3/c1-34-26(33)22(14-16-15-28-21-8-4-2-6-19(16)21)29-25(32)24-20-7-3-5-9-23(20)31(30-24)18-12-10-17(27)11-13-18/h2,4,6,8,10-13,15,22,28H,3,5,7,9,14H2,1H3,(H,29,32)/t22-/m1/s1. The molecule has 0 unspecified atom stereocenters. The molecule has 4 aromatic rings. The lowest BCUT2D eigenvalue weighted by Gasteiger charge is -2.17. The van der Waals surface area contributed by atoms with Gasteiger partial charge in [-0.05, 0) is 61.6 Å². The highest BCUT2D eigenvalue weighted by Gasteiger charge is 2.29. The van der Waals surface area contributed by atoms with Crippen LogP contribution in [-0.2, 0) is 28.8 Å². The molecule has 1 aliphatic carbocycles. The average molecular weight is 461 g/mol.